The topological polar surface area (TPSA) is 84.3 Å². The SMILES string of the molecule is Cc1ccc(S(=O)(=O)N2CCC(C(=O)Nc3ccnn3CC(C)C)CC2)c(C)c1. The molecule has 1 fully saturated rings. The van der Waals surface area contributed by atoms with Crippen LogP contribution in [-0.2, 0) is 21.4 Å². The van der Waals surface area contributed by atoms with Crippen LogP contribution in [0.25, 0.3) is 0 Å². The molecule has 0 bridgehead atoms. The van der Waals surface area contributed by atoms with E-state index in [0.717, 1.165) is 17.7 Å². The number of carbonyl (C=O) groups is 1. The van der Waals surface area contributed by atoms with Gasteiger partial charge in [0.1, 0.15) is 5.82 Å². The van der Waals surface area contributed by atoms with Crippen LogP contribution in [0.5, 0.6) is 0 Å². The average Bonchev–Trinajstić information content (AvgIpc) is 3.07. The summed E-state index contributed by atoms with van der Waals surface area (Å²) in [6, 6.07) is 7.17. The van der Waals surface area contributed by atoms with Crippen LogP contribution in [0.4, 0.5) is 5.82 Å². The van der Waals surface area contributed by atoms with Gasteiger partial charge in [0.05, 0.1) is 11.1 Å². The first-order chi connectivity index (χ1) is 13.7. The molecule has 1 aliphatic rings. The number of anilines is 1. The number of hydrogen-bond donors (Lipinski definition) is 1. The van der Waals surface area contributed by atoms with Crippen LogP contribution in [-0.4, -0.2) is 41.5 Å². The lowest BCUT2D eigenvalue weighted by Crippen LogP contribution is -2.41. The van der Waals surface area contributed by atoms with Crippen molar-refractivity contribution in [2.24, 2.45) is 11.8 Å². The average molecular weight is 419 g/mol. The van der Waals surface area contributed by atoms with Crippen LogP contribution < -0.4 is 5.32 Å². The van der Waals surface area contributed by atoms with Crippen LogP contribution in [0, 0.1) is 25.7 Å². The van der Waals surface area contributed by atoms with Gasteiger partial charge in [0.25, 0.3) is 0 Å². The molecule has 2 heterocycles. The number of hydrogen-bond acceptors (Lipinski definition) is 4. The Morgan fingerprint density at radius 2 is 1.90 bits per heavy atom. The summed E-state index contributed by atoms with van der Waals surface area (Å²) in [5.74, 6) is 0.834. The molecule has 0 aliphatic carbocycles. The number of piperidine rings is 1. The fourth-order valence-electron chi connectivity index (χ4n) is 3.74. The molecule has 2 aromatic rings. The van der Waals surface area contributed by atoms with Gasteiger partial charge in [0, 0.05) is 31.6 Å². The number of sulfonamides is 1. The van der Waals surface area contributed by atoms with E-state index in [4.69, 9.17) is 0 Å². The molecule has 3 rings (SSSR count). The van der Waals surface area contributed by atoms with Crippen molar-refractivity contribution in [2.45, 2.75) is 52.0 Å². The van der Waals surface area contributed by atoms with Gasteiger partial charge in [-0.2, -0.15) is 9.40 Å². The molecule has 1 N–H and O–H groups in total. The van der Waals surface area contributed by atoms with Crippen molar-refractivity contribution in [1.82, 2.24) is 14.1 Å². The molecule has 1 aliphatic heterocycles. The van der Waals surface area contributed by atoms with Gasteiger partial charge in [-0.3, -0.25) is 4.79 Å². The minimum absolute atomic E-state index is 0.0703. The predicted molar refractivity (Wildman–Crippen MR) is 113 cm³/mol. The molecule has 1 amide bonds. The first-order valence-corrected chi connectivity index (χ1v) is 11.5. The lowest BCUT2D eigenvalue weighted by molar-refractivity contribution is -0.121. The van der Waals surface area contributed by atoms with Crippen LogP contribution in [0.15, 0.2) is 35.4 Å². The zero-order valence-electron chi connectivity index (χ0n) is 17.6. The lowest BCUT2D eigenvalue weighted by atomic mass is 9.97. The Morgan fingerprint density at radius 3 is 2.52 bits per heavy atom. The second-order valence-electron chi connectivity index (χ2n) is 8.23. The fraction of sp³-hybridized carbons (Fsp3) is 0.524. The molecule has 0 spiro atoms. The van der Waals surface area contributed by atoms with Crippen molar-refractivity contribution >= 4 is 21.7 Å². The third-order valence-electron chi connectivity index (χ3n) is 5.28. The molecule has 8 heteroatoms. The lowest BCUT2D eigenvalue weighted by Gasteiger charge is -2.31. The van der Waals surface area contributed by atoms with Crippen LogP contribution in [0.2, 0.25) is 0 Å². The van der Waals surface area contributed by atoms with Gasteiger partial charge in [0.15, 0.2) is 0 Å². The molecule has 1 saturated heterocycles. The Kier molecular flexibility index (Phi) is 6.43. The smallest absolute Gasteiger partial charge is 0.243 e. The van der Waals surface area contributed by atoms with Gasteiger partial charge in [-0.25, -0.2) is 13.1 Å². The number of aromatic nitrogens is 2. The first kappa shape index (κ1) is 21.5. The van der Waals surface area contributed by atoms with Gasteiger partial charge in [-0.1, -0.05) is 31.5 Å². The minimum atomic E-state index is -3.54. The summed E-state index contributed by atoms with van der Waals surface area (Å²) in [6.07, 6.45) is 2.69. The van der Waals surface area contributed by atoms with Gasteiger partial charge in [0.2, 0.25) is 15.9 Å². The summed E-state index contributed by atoms with van der Waals surface area (Å²) in [5.41, 5.74) is 1.79. The van der Waals surface area contributed by atoms with E-state index in [1.165, 1.54) is 4.31 Å². The zero-order chi connectivity index (χ0) is 21.2. The molecular formula is C21H30N4O3S. The summed E-state index contributed by atoms with van der Waals surface area (Å²) >= 11 is 0. The van der Waals surface area contributed by atoms with Crippen LogP contribution in [0.3, 0.4) is 0 Å². The van der Waals surface area contributed by atoms with E-state index in [0.29, 0.717) is 42.6 Å². The quantitative estimate of drug-likeness (QED) is 0.781. The molecule has 0 unspecified atom stereocenters. The van der Waals surface area contributed by atoms with Crippen molar-refractivity contribution in [2.75, 3.05) is 18.4 Å². The van der Waals surface area contributed by atoms with Crippen LogP contribution >= 0.6 is 0 Å². The molecule has 1 aromatic carbocycles. The Morgan fingerprint density at radius 1 is 1.21 bits per heavy atom. The van der Waals surface area contributed by atoms with Gasteiger partial charge in [-0.15, -0.1) is 0 Å². The number of amides is 1. The van der Waals surface area contributed by atoms with Gasteiger partial charge >= 0.3 is 0 Å². The summed E-state index contributed by atoms with van der Waals surface area (Å²) in [7, 11) is -3.54. The minimum Gasteiger partial charge on any atom is -0.311 e. The molecule has 0 radical (unpaired) electrons. The van der Waals surface area contributed by atoms with E-state index in [1.807, 2.05) is 26.0 Å². The number of rotatable bonds is 6. The standard InChI is InChI=1S/C21H30N4O3S/c1-15(2)14-25-20(7-10-22-25)23-21(26)18-8-11-24(12-9-18)29(27,28)19-6-5-16(3)13-17(19)4/h5-7,10,13,15,18H,8-9,11-12,14H2,1-4H3,(H,23,26). The zero-order valence-corrected chi connectivity index (χ0v) is 18.4. The number of aryl methyl sites for hydroxylation is 2. The number of benzene rings is 1. The number of nitrogens with one attached hydrogen (secondary N) is 1. The van der Waals surface area contributed by atoms with E-state index < -0.39 is 10.0 Å². The molecule has 7 nitrogen and oxygen atoms in total. The highest BCUT2D eigenvalue weighted by molar-refractivity contribution is 7.89. The monoisotopic (exact) mass is 418 g/mol. The largest absolute Gasteiger partial charge is 0.311 e. The molecule has 158 valence electrons. The van der Waals surface area contributed by atoms with E-state index >= 15 is 0 Å². The van der Waals surface area contributed by atoms with Crippen LogP contribution in [0.1, 0.15) is 37.8 Å². The maximum Gasteiger partial charge on any atom is 0.243 e. The Labute approximate surface area is 173 Å². The molecule has 1 aromatic heterocycles. The van der Waals surface area contributed by atoms with Crippen molar-refractivity contribution < 1.29 is 13.2 Å². The van der Waals surface area contributed by atoms with Gasteiger partial charge < -0.3 is 5.32 Å². The summed E-state index contributed by atoms with van der Waals surface area (Å²) < 4.78 is 29.3. The highest BCUT2D eigenvalue weighted by Gasteiger charge is 2.33. The number of nitrogens with zero attached hydrogens (tertiary/aromatic N) is 3. The van der Waals surface area contributed by atoms with Crippen molar-refractivity contribution in [1.29, 1.82) is 0 Å². The molecular weight excluding hydrogens is 388 g/mol. The Hall–Kier alpha value is -2.19. The summed E-state index contributed by atoms with van der Waals surface area (Å²) in [6.45, 7) is 9.38. The normalized spacial score (nSPS) is 16.3. The fourth-order valence-corrected chi connectivity index (χ4v) is 5.42. The maximum atomic E-state index is 13.0. The molecule has 0 saturated carbocycles. The van der Waals surface area contributed by atoms with E-state index in [-0.39, 0.29) is 11.8 Å². The third-order valence-corrected chi connectivity index (χ3v) is 7.34. The second-order valence-corrected chi connectivity index (χ2v) is 10.1. The highest BCUT2D eigenvalue weighted by Crippen LogP contribution is 2.27. The summed E-state index contributed by atoms with van der Waals surface area (Å²) in [4.78, 5) is 13.1. The highest BCUT2D eigenvalue weighted by atomic mass is 32.2. The van der Waals surface area contributed by atoms with Crippen molar-refractivity contribution in [3.63, 3.8) is 0 Å². The molecule has 0 atom stereocenters. The van der Waals surface area contributed by atoms with E-state index in [9.17, 15) is 13.2 Å². The Bertz CT molecular complexity index is 974. The Balaban J connectivity index is 1.63. The number of carbonyl (C=O) groups excluding carboxylic acids is 1. The summed E-state index contributed by atoms with van der Waals surface area (Å²) in [5, 5.41) is 7.22. The van der Waals surface area contributed by atoms with Crippen molar-refractivity contribution in [3.05, 3.63) is 41.6 Å². The predicted octanol–water partition coefficient (Wildman–Crippen LogP) is 3.20. The second kappa shape index (κ2) is 8.67. The van der Waals surface area contributed by atoms with E-state index in [2.05, 4.69) is 24.3 Å². The maximum absolute atomic E-state index is 13.0. The third kappa shape index (κ3) is 4.87. The first-order valence-electron chi connectivity index (χ1n) is 10.1. The van der Waals surface area contributed by atoms with E-state index in [1.54, 1.807) is 23.0 Å². The molecule has 29 heavy (non-hydrogen) atoms. The van der Waals surface area contributed by atoms with Gasteiger partial charge in [-0.05, 0) is 44.2 Å². The van der Waals surface area contributed by atoms with Crippen molar-refractivity contribution in [3.8, 4) is 0 Å².